The topological polar surface area (TPSA) is 29.4 Å². The number of allylic oxidation sites excluding steroid dienone is 2. The molecule has 1 aliphatic carbocycles. The molecule has 2 nitrogen and oxygen atoms in total. The van der Waals surface area contributed by atoms with Crippen molar-refractivity contribution in [1.82, 2.24) is 0 Å². The predicted molar refractivity (Wildman–Crippen MR) is 244 cm³/mol. The van der Waals surface area contributed by atoms with Gasteiger partial charge < -0.3 is 0 Å². The van der Waals surface area contributed by atoms with Crippen LogP contribution in [0.2, 0.25) is 0 Å². The zero-order chi connectivity index (χ0) is 40.7. The van der Waals surface area contributed by atoms with E-state index < -0.39 is 5.41 Å². The van der Waals surface area contributed by atoms with Gasteiger partial charge in [0.1, 0.15) is 0 Å². The summed E-state index contributed by atoms with van der Waals surface area (Å²) < 4.78 is 0. The van der Waals surface area contributed by atoms with Gasteiger partial charge in [-0.1, -0.05) is 213 Å². The van der Waals surface area contributed by atoms with Crippen molar-refractivity contribution in [3.05, 3.63) is 197 Å². The van der Waals surface area contributed by atoms with E-state index in [4.69, 9.17) is 4.99 Å². The van der Waals surface area contributed by atoms with Crippen molar-refractivity contribution < 1.29 is 21.3 Å². The fourth-order valence-corrected chi connectivity index (χ4v) is 8.09. The van der Waals surface area contributed by atoms with Crippen molar-refractivity contribution in [2.24, 2.45) is 21.7 Å². The number of carbonyl (C=O) groups excluding carboxylic acids is 1. The molecule has 2 unspecified atom stereocenters. The molecule has 0 amide bonds. The van der Waals surface area contributed by atoms with Crippen LogP contribution in [0.1, 0.15) is 132 Å². The first kappa shape index (κ1) is 44.3. The zero-order valence-corrected chi connectivity index (χ0v) is 36.9. The van der Waals surface area contributed by atoms with E-state index in [9.17, 15) is 4.79 Å². The SMILES string of the molecule is CC(=Nc1c(C(c2ccccc2)c2ccccc2)cc(C(c2ccccc2)c2ccccc2)c2cccc(C3C=CC(C)CC3)c12)C(=O)C(C)(C)C.CC(C)(C)C.[Ni]. The van der Waals surface area contributed by atoms with Gasteiger partial charge in [0.2, 0.25) is 0 Å². The van der Waals surface area contributed by atoms with E-state index in [1.165, 1.54) is 38.8 Å². The number of rotatable bonds is 9. The second-order valence-electron chi connectivity index (χ2n) is 18.5. The Morgan fingerprint density at radius 3 is 1.41 bits per heavy atom. The number of benzene rings is 6. The molecule has 7 rings (SSSR count). The molecule has 0 fully saturated rings. The summed E-state index contributed by atoms with van der Waals surface area (Å²) in [4.78, 5) is 19.4. The van der Waals surface area contributed by atoms with E-state index in [-0.39, 0.29) is 40.0 Å². The van der Waals surface area contributed by atoms with Gasteiger partial charge in [0.05, 0.1) is 11.4 Å². The first-order valence-electron chi connectivity index (χ1n) is 20.8. The van der Waals surface area contributed by atoms with Crippen molar-refractivity contribution in [3.63, 3.8) is 0 Å². The van der Waals surface area contributed by atoms with Crippen LogP contribution < -0.4 is 0 Å². The molecular formula is C55H61NNiO. The predicted octanol–water partition coefficient (Wildman–Crippen LogP) is 15.0. The van der Waals surface area contributed by atoms with E-state index >= 15 is 0 Å². The minimum Gasteiger partial charge on any atom is -0.292 e. The maximum Gasteiger partial charge on any atom is 0.182 e. The van der Waals surface area contributed by atoms with E-state index in [1.54, 1.807) is 0 Å². The van der Waals surface area contributed by atoms with Crippen molar-refractivity contribution in [2.45, 2.75) is 92.9 Å². The van der Waals surface area contributed by atoms with Crippen LogP contribution in [-0.4, -0.2) is 11.5 Å². The molecule has 0 aromatic heterocycles. The Balaban J connectivity index is 0.00000101. The largest absolute Gasteiger partial charge is 0.292 e. The quantitative estimate of drug-likeness (QED) is 0.0619. The fraction of sp³-hybridized carbons (Fsp3) is 0.309. The summed E-state index contributed by atoms with van der Waals surface area (Å²) in [5, 5.41) is 2.33. The Morgan fingerprint density at radius 1 is 0.586 bits per heavy atom. The molecule has 2 atom stereocenters. The number of fused-ring (bicyclic) bond motifs is 1. The first-order chi connectivity index (χ1) is 27.2. The van der Waals surface area contributed by atoms with E-state index in [1.807, 2.05) is 27.7 Å². The second-order valence-corrected chi connectivity index (χ2v) is 18.5. The van der Waals surface area contributed by atoms with Crippen molar-refractivity contribution >= 4 is 28.0 Å². The minimum atomic E-state index is -0.557. The van der Waals surface area contributed by atoms with Crippen LogP contribution in [0.4, 0.5) is 5.69 Å². The molecule has 3 heteroatoms. The summed E-state index contributed by atoms with van der Waals surface area (Å²) in [5.41, 5.74) is 9.86. The average molecular weight is 811 g/mol. The Bertz CT molecular complexity index is 2230. The Hall–Kier alpha value is -4.85. The molecule has 0 aliphatic heterocycles. The smallest absolute Gasteiger partial charge is 0.182 e. The molecule has 0 spiro atoms. The van der Waals surface area contributed by atoms with E-state index in [2.05, 4.69) is 192 Å². The molecular weight excluding hydrogens is 749 g/mol. The number of ketones is 1. The van der Waals surface area contributed by atoms with Crippen LogP contribution >= 0.6 is 0 Å². The number of carbonyl (C=O) groups is 1. The summed E-state index contributed by atoms with van der Waals surface area (Å²) in [6.45, 7) is 18.9. The number of nitrogens with zero attached hydrogens (tertiary/aromatic N) is 1. The molecule has 0 bridgehead atoms. The van der Waals surface area contributed by atoms with Crippen LogP contribution in [0.25, 0.3) is 10.8 Å². The van der Waals surface area contributed by atoms with Gasteiger partial charge in [-0.05, 0) is 75.4 Å². The molecule has 0 N–H and O–H groups in total. The van der Waals surface area contributed by atoms with Gasteiger partial charge in [0.15, 0.2) is 5.78 Å². The second kappa shape index (κ2) is 19.3. The number of hydrogen-bond donors (Lipinski definition) is 0. The van der Waals surface area contributed by atoms with Crippen LogP contribution in [0, 0.1) is 16.7 Å². The molecule has 0 radical (unpaired) electrons. The van der Waals surface area contributed by atoms with E-state index in [0.717, 1.165) is 29.5 Å². The van der Waals surface area contributed by atoms with Crippen LogP contribution in [0.5, 0.6) is 0 Å². The third-order valence-corrected chi connectivity index (χ3v) is 10.7. The molecule has 0 saturated carbocycles. The number of Topliss-reactive ketones (excluding diaryl/α,β-unsaturated/α-hetero) is 1. The normalized spacial score (nSPS) is 15.8. The summed E-state index contributed by atoms with van der Waals surface area (Å²) >= 11 is 0. The molecule has 6 aromatic rings. The first-order valence-corrected chi connectivity index (χ1v) is 20.8. The van der Waals surface area contributed by atoms with Gasteiger partial charge in [0, 0.05) is 45.0 Å². The number of hydrogen-bond acceptors (Lipinski definition) is 2. The van der Waals surface area contributed by atoms with E-state index in [0.29, 0.717) is 17.0 Å². The molecule has 58 heavy (non-hydrogen) atoms. The van der Waals surface area contributed by atoms with Gasteiger partial charge in [-0.15, -0.1) is 0 Å². The molecule has 0 heterocycles. The fourth-order valence-electron chi connectivity index (χ4n) is 8.09. The van der Waals surface area contributed by atoms with Crippen molar-refractivity contribution in [2.75, 3.05) is 0 Å². The maximum absolute atomic E-state index is 14.0. The van der Waals surface area contributed by atoms with Gasteiger partial charge in [-0.3, -0.25) is 4.79 Å². The number of aliphatic imine (C=N–C) groups is 1. The standard InChI is InChI=1S/C50H49NO.C5H12.Ni/c1-34-29-31-36(32-30-34)41-27-18-28-42-43(45(37-19-10-6-11-20-37)38-21-12-7-13-22-38)33-44(48(47(41)42)51-35(2)49(52)50(3,4)5)46(39-23-14-8-15-24-39)40-25-16-9-17-26-40;1-5(2,3)4;/h6-29,31,33-34,36,45-46H,30,32H2,1-5H3;1-4H3;. The van der Waals surface area contributed by atoms with Crippen LogP contribution in [0.15, 0.2) is 163 Å². The summed E-state index contributed by atoms with van der Waals surface area (Å²) in [5.74, 6) is 0.714. The molecule has 6 aromatic carbocycles. The van der Waals surface area contributed by atoms with Crippen molar-refractivity contribution in [1.29, 1.82) is 0 Å². The summed E-state index contributed by atoms with van der Waals surface area (Å²) in [7, 11) is 0. The molecule has 0 saturated heterocycles. The average Bonchev–Trinajstić information content (AvgIpc) is 3.19. The van der Waals surface area contributed by atoms with Gasteiger partial charge in [0.25, 0.3) is 0 Å². The molecule has 302 valence electrons. The molecule has 1 aliphatic rings. The van der Waals surface area contributed by atoms with Gasteiger partial charge in [-0.2, -0.15) is 0 Å². The maximum atomic E-state index is 14.0. The summed E-state index contributed by atoms with van der Waals surface area (Å²) in [6, 6.07) is 52.6. The third kappa shape index (κ3) is 10.8. The van der Waals surface area contributed by atoms with Crippen LogP contribution in [-0.2, 0) is 21.3 Å². The van der Waals surface area contributed by atoms with Crippen molar-refractivity contribution in [3.8, 4) is 0 Å². The van der Waals surface area contributed by atoms with Gasteiger partial charge >= 0.3 is 0 Å². The minimum absolute atomic E-state index is 0. The van der Waals surface area contributed by atoms with Gasteiger partial charge in [-0.25, -0.2) is 4.99 Å². The Kier molecular flexibility index (Phi) is 14.7. The Morgan fingerprint density at radius 2 is 1.02 bits per heavy atom. The zero-order valence-electron chi connectivity index (χ0n) is 35.9. The van der Waals surface area contributed by atoms with Crippen LogP contribution in [0.3, 0.4) is 0 Å². The third-order valence-electron chi connectivity index (χ3n) is 10.7. The summed E-state index contributed by atoms with van der Waals surface area (Å²) in [6.07, 6.45) is 6.99. The Labute approximate surface area is 358 Å². The monoisotopic (exact) mass is 809 g/mol.